The maximum atomic E-state index is 15.5. The minimum atomic E-state index is -0.700. The van der Waals surface area contributed by atoms with Crippen molar-refractivity contribution in [2.24, 2.45) is 16.5 Å². The Bertz CT molecular complexity index is 1590. The van der Waals surface area contributed by atoms with Crippen LogP contribution in [0.1, 0.15) is 46.7 Å². The number of nitrogens with one attached hydrogen (secondary N) is 2. The largest absolute Gasteiger partial charge is 0.487 e. The molecule has 2 aromatic heterocycles. The van der Waals surface area contributed by atoms with E-state index < -0.39 is 17.8 Å². The number of hydrogen-bond acceptors (Lipinski definition) is 7. The number of amides is 1. The van der Waals surface area contributed by atoms with Gasteiger partial charge in [-0.2, -0.15) is 4.57 Å². The van der Waals surface area contributed by atoms with Gasteiger partial charge in [-0.25, -0.2) is 9.37 Å². The zero-order valence-electron chi connectivity index (χ0n) is 22.3. The third-order valence-corrected chi connectivity index (χ3v) is 7.98. The summed E-state index contributed by atoms with van der Waals surface area (Å²) >= 11 is 1.20. The summed E-state index contributed by atoms with van der Waals surface area (Å²) in [6.07, 6.45) is 5.89. The average Bonchev–Trinajstić information content (AvgIpc) is 3.57. The Balaban J connectivity index is 1.42. The van der Waals surface area contributed by atoms with Gasteiger partial charge in [-0.3, -0.25) is 9.79 Å². The highest BCUT2D eigenvalue weighted by molar-refractivity contribution is 7.16. The molecule has 4 aromatic rings. The molecule has 0 bridgehead atoms. The van der Waals surface area contributed by atoms with Crippen LogP contribution >= 0.6 is 11.3 Å². The molecule has 0 saturated carbocycles. The van der Waals surface area contributed by atoms with E-state index in [9.17, 15) is 4.79 Å². The van der Waals surface area contributed by atoms with Gasteiger partial charge in [0.15, 0.2) is 27.6 Å². The zero-order chi connectivity index (χ0) is 28.2. The number of halogens is 1. The molecule has 9 nitrogen and oxygen atoms in total. The minimum absolute atomic E-state index is 0.0370. The highest BCUT2D eigenvalue weighted by Gasteiger charge is 2.25. The summed E-state index contributed by atoms with van der Waals surface area (Å²) in [6.45, 7) is 3.42. The number of nitrogens with two attached hydrogens (primary N) is 2. The number of H-pyrrole nitrogens is 1. The van der Waals surface area contributed by atoms with Gasteiger partial charge in [-0.1, -0.05) is 23.5 Å². The van der Waals surface area contributed by atoms with Crippen molar-refractivity contribution in [2.45, 2.75) is 32.0 Å². The monoisotopic (exact) mass is 563 g/mol. The predicted octanol–water partition coefficient (Wildman–Crippen LogP) is 4.02. The number of imidazole rings is 1. The lowest BCUT2D eigenvalue weighted by Crippen LogP contribution is -2.34. The Hall–Kier alpha value is -4.22. The van der Waals surface area contributed by atoms with Crippen molar-refractivity contribution < 1.29 is 23.2 Å². The first kappa shape index (κ1) is 27.4. The minimum Gasteiger partial charge on any atom is -0.487 e. The molecule has 2 aromatic carbocycles. The number of carbonyl (C=O) groups excluding carboxylic acids is 1. The Morgan fingerprint density at radius 1 is 1.23 bits per heavy atom. The highest BCUT2D eigenvalue weighted by atomic mass is 32.1. The second-order valence-corrected chi connectivity index (χ2v) is 10.5. The lowest BCUT2D eigenvalue weighted by Gasteiger charge is -2.25. The Kier molecular flexibility index (Phi) is 8.13. The molecule has 3 heterocycles. The van der Waals surface area contributed by atoms with Crippen LogP contribution in [-0.4, -0.2) is 43.3 Å². The van der Waals surface area contributed by atoms with Crippen molar-refractivity contribution in [2.75, 3.05) is 20.1 Å². The molecule has 1 aliphatic rings. The number of thiophene rings is 1. The number of aromatic nitrogens is 2. The number of aliphatic imine (C=N–C) groups is 1. The fourth-order valence-corrected chi connectivity index (χ4v) is 5.73. The van der Waals surface area contributed by atoms with Crippen molar-refractivity contribution in [3.8, 4) is 16.5 Å². The second kappa shape index (κ2) is 11.9. The van der Waals surface area contributed by atoms with Crippen LogP contribution in [0.5, 0.6) is 11.5 Å². The molecular formula is C29H32FN6O3S+. The van der Waals surface area contributed by atoms with Crippen LogP contribution in [0, 0.1) is 5.82 Å². The topological polar surface area (TPSA) is 132 Å². The van der Waals surface area contributed by atoms with Gasteiger partial charge < -0.3 is 26.3 Å². The summed E-state index contributed by atoms with van der Waals surface area (Å²) in [7, 11) is 1.69. The first-order valence-corrected chi connectivity index (χ1v) is 13.8. The van der Waals surface area contributed by atoms with Gasteiger partial charge in [0.2, 0.25) is 6.33 Å². The normalized spacial score (nSPS) is 15.5. The van der Waals surface area contributed by atoms with E-state index in [-0.39, 0.29) is 22.5 Å². The number of benzene rings is 2. The number of nitrogens with zero attached hydrogens (tertiary/aromatic N) is 2. The van der Waals surface area contributed by atoms with Crippen molar-refractivity contribution in [3.05, 3.63) is 76.8 Å². The van der Waals surface area contributed by atoms with E-state index in [1.54, 1.807) is 50.8 Å². The van der Waals surface area contributed by atoms with E-state index in [2.05, 4.69) is 15.3 Å². The number of ether oxygens (including phenoxy) is 2. The van der Waals surface area contributed by atoms with E-state index >= 15 is 4.39 Å². The number of allylic oxidation sites excluding steroid dienone is 1. The molecule has 0 radical (unpaired) electrons. The molecule has 5 rings (SSSR count). The molecule has 1 fully saturated rings. The first-order chi connectivity index (χ1) is 19.4. The number of piperidine rings is 1. The van der Waals surface area contributed by atoms with Gasteiger partial charge >= 0.3 is 0 Å². The van der Waals surface area contributed by atoms with Gasteiger partial charge in [0.1, 0.15) is 22.8 Å². The fourth-order valence-electron chi connectivity index (χ4n) is 4.80. The van der Waals surface area contributed by atoms with Crippen LogP contribution in [0.15, 0.2) is 60.0 Å². The van der Waals surface area contributed by atoms with Crippen LogP contribution in [0.3, 0.4) is 0 Å². The molecule has 6 N–H and O–H groups in total. The molecule has 1 amide bonds. The Morgan fingerprint density at radius 3 is 2.75 bits per heavy atom. The van der Waals surface area contributed by atoms with Crippen molar-refractivity contribution in [3.63, 3.8) is 0 Å². The summed E-state index contributed by atoms with van der Waals surface area (Å²) < 4.78 is 29.5. The quantitative estimate of drug-likeness (QED) is 0.181. The molecule has 1 saturated heterocycles. The Labute approximate surface area is 235 Å². The van der Waals surface area contributed by atoms with Crippen LogP contribution in [0.4, 0.5) is 4.39 Å². The van der Waals surface area contributed by atoms with Crippen LogP contribution in [-0.2, 0) is 0 Å². The van der Waals surface area contributed by atoms with E-state index in [4.69, 9.17) is 20.9 Å². The number of primary amides is 1. The maximum absolute atomic E-state index is 15.5. The van der Waals surface area contributed by atoms with Gasteiger partial charge in [-0.15, -0.1) is 0 Å². The summed E-state index contributed by atoms with van der Waals surface area (Å²) in [5.74, 6) is -0.603. The number of hydrogen-bond donors (Lipinski definition) is 4. The van der Waals surface area contributed by atoms with Gasteiger partial charge in [-0.05, 0) is 62.7 Å². The smallest absolute Gasteiger partial charge is 0.262 e. The van der Waals surface area contributed by atoms with E-state index in [0.717, 1.165) is 48.1 Å². The lowest BCUT2D eigenvalue weighted by molar-refractivity contribution is -0.562. The van der Waals surface area contributed by atoms with Gasteiger partial charge in [0, 0.05) is 36.7 Å². The summed E-state index contributed by atoms with van der Waals surface area (Å²) in [5.41, 5.74) is 15.2. The SMILES string of the molecule is CN=CC(=CN)c1ccc2c(c1)[nH]c[n+]2-c1cc(OC(C)c2cccc(OC3CCNCC3)c2F)c(C(N)=O)s1. The second-order valence-electron chi connectivity index (χ2n) is 9.51. The van der Waals surface area contributed by atoms with Crippen molar-refractivity contribution in [1.29, 1.82) is 0 Å². The summed E-state index contributed by atoms with van der Waals surface area (Å²) in [6, 6.07) is 12.6. The molecule has 40 heavy (non-hydrogen) atoms. The third-order valence-electron chi connectivity index (χ3n) is 6.85. The van der Waals surface area contributed by atoms with Crippen molar-refractivity contribution in [1.82, 2.24) is 10.3 Å². The first-order valence-electron chi connectivity index (χ1n) is 13.0. The van der Waals surface area contributed by atoms with Crippen LogP contribution in [0.25, 0.3) is 21.6 Å². The van der Waals surface area contributed by atoms with Crippen LogP contribution in [0.2, 0.25) is 0 Å². The summed E-state index contributed by atoms with van der Waals surface area (Å²) in [5, 5.41) is 3.99. The maximum Gasteiger partial charge on any atom is 0.262 e. The van der Waals surface area contributed by atoms with Gasteiger partial charge in [0.05, 0.1) is 0 Å². The van der Waals surface area contributed by atoms with E-state index in [1.807, 2.05) is 22.8 Å². The average molecular weight is 564 g/mol. The Morgan fingerprint density at radius 2 is 2.02 bits per heavy atom. The lowest BCUT2D eigenvalue weighted by atomic mass is 10.1. The molecule has 0 aliphatic carbocycles. The predicted molar refractivity (Wildman–Crippen MR) is 155 cm³/mol. The molecule has 208 valence electrons. The molecule has 1 atom stereocenters. The molecule has 0 spiro atoms. The molecule has 11 heteroatoms. The highest BCUT2D eigenvalue weighted by Crippen LogP contribution is 2.35. The summed E-state index contributed by atoms with van der Waals surface area (Å²) in [4.78, 5) is 19.9. The number of rotatable bonds is 9. The zero-order valence-corrected chi connectivity index (χ0v) is 23.1. The standard InChI is InChI=1S/C29H31FN6O3S/c1-17(21-4-3-5-24(27(21)30)39-20-8-10-34-11-9-20)38-25-13-26(40-28(25)29(32)37)36-16-35-22-12-18(6-7-23(22)36)19(14-31)15-33-2/h3-7,12-17,20,34H,8-11H2,1-2H3,(H4,31,32,33,37)/p+1. The third kappa shape index (κ3) is 5.56. The molecule has 1 aliphatic heterocycles. The number of fused-ring (bicyclic) bond motifs is 1. The number of carbonyl (C=O) groups is 1. The fraction of sp³-hybridized carbons (Fsp3) is 0.276. The van der Waals surface area contributed by atoms with Crippen LogP contribution < -0.4 is 30.8 Å². The molecular weight excluding hydrogens is 531 g/mol. The van der Waals surface area contributed by atoms with E-state index in [0.29, 0.717) is 10.6 Å². The number of aromatic amines is 1. The van der Waals surface area contributed by atoms with Gasteiger partial charge in [0.25, 0.3) is 5.91 Å². The van der Waals surface area contributed by atoms with E-state index in [1.165, 1.54) is 17.5 Å². The van der Waals surface area contributed by atoms with Crippen molar-refractivity contribution >= 4 is 40.1 Å². The molecule has 1 unspecified atom stereocenters.